The van der Waals surface area contributed by atoms with E-state index in [2.05, 4.69) is 35.6 Å². The van der Waals surface area contributed by atoms with E-state index in [9.17, 15) is 0 Å². The van der Waals surface area contributed by atoms with Crippen LogP contribution in [-0.2, 0) is 0 Å². The van der Waals surface area contributed by atoms with Gasteiger partial charge in [0, 0.05) is 19.2 Å². The summed E-state index contributed by atoms with van der Waals surface area (Å²) in [6.07, 6.45) is 1.95. The second kappa shape index (κ2) is 6.30. The zero-order valence-corrected chi connectivity index (χ0v) is 11.8. The highest BCUT2D eigenvalue weighted by Crippen LogP contribution is 2.20. The normalized spacial score (nSPS) is 10.9. The summed E-state index contributed by atoms with van der Waals surface area (Å²) in [5, 5.41) is 1.24. The van der Waals surface area contributed by atoms with E-state index in [4.69, 9.17) is 11.6 Å². The number of rotatable bonds is 5. The number of hydrogen-bond acceptors (Lipinski definition) is 4. The van der Waals surface area contributed by atoms with Gasteiger partial charge in [-0.1, -0.05) is 37.2 Å². The fourth-order valence-corrected chi connectivity index (χ4v) is 2.07. The lowest BCUT2D eigenvalue weighted by Crippen LogP contribution is -2.28. The molecule has 3 nitrogen and oxygen atoms in total. The van der Waals surface area contributed by atoms with Crippen LogP contribution in [0, 0.1) is 5.92 Å². The molecule has 0 fully saturated rings. The molecule has 1 aromatic heterocycles. The van der Waals surface area contributed by atoms with Gasteiger partial charge in [-0.2, -0.15) is 0 Å². The molecule has 0 unspecified atom stereocenters. The Kier molecular flexibility index (Phi) is 5.35. The van der Waals surface area contributed by atoms with Crippen molar-refractivity contribution in [3.63, 3.8) is 0 Å². The lowest BCUT2D eigenvalue weighted by Gasteiger charge is -2.24. The molecule has 90 valence electrons. The summed E-state index contributed by atoms with van der Waals surface area (Å²) in [5.74, 6) is 1.52. The Morgan fingerprint density at radius 1 is 1.44 bits per heavy atom. The van der Waals surface area contributed by atoms with Gasteiger partial charge in [0.25, 0.3) is 0 Å². The lowest BCUT2D eigenvalue weighted by atomic mass is 10.2. The second-order valence-corrected chi connectivity index (χ2v) is 5.13. The first-order chi connectivity index (χ1) is 7.56. The molecule has 0 amide bonds. The molecule has 0 saturated heterocycles. The van der Waals surface area contributed by atoms with Crippen molar-refractivity contribution in [2.75, 3.05) is 24.2 Å². The van der Waals surface area contributed by atoms with Gasteiger partial charge in [-0.05, 0) is 19.1 Å². The van der Waals surface area contributed by atoms with Gasteiger partial charge in [-0.3, -0.25) is 0 Å². The Hall–Kier alpha value is -0.480. The van der Waals surface area contributed by atoms with E-state index < -0.39 is 0 Å². The minimum Gasteiger partial charge on any atom is -0.356 e. The van der Waals surface area contributed by atoms with Crippen LogP contribution in [-0.4, -0.2) is 29.3 Å². The van der Waals surface area contributed by atoms with Crippen LogP contribution in [0.4, 0.5) is 5.82 Å². The highest BCUT2D eigenvalue weighted by molar-refractivity contribution is 7.98. The summed E-state index contributed by atoms with van der Waals surface area (Å²) in [6, 6.07) is 1.83. The van der Waals surface area contributed by atoms with Crippen molar-refractivity contribution in [3.8, 4) is 0 Å². The number of thioether (sulfide) groups is 1. The number of anilines is 1. The Morgan fingerprint density at radius 3 is 2.62 bits per heavy atom. The summed E-state index contributed by atoms with van der Waals surface area (Å²) in [4.78, 5) is 10.8. The van der Waals surface area contributed by atoms with E-state index in [0.717, 1.165) is 24.1 Å². The fraction of sp³-hybridized carbons (Fsp3) is 0.636. The first kappa shape index (κ1) is 13.6. The van der Waals surface area contributed by atoms with Gasteiger partial charge in [0.05, 0.1) is 0 Å². The zero-order valence-electron chi connectivity index (χ0n) is 10.2. The molecule has 0 aliphatic rings. The SMILES string of the molecule is CCN(CC(C)C)c1cc(Cl)nc(SC)n1. The van der Waals surface area contributed by atoms with E-state index in [1.807, 2.05) is 12.3 Å². The highest BCUT2D eigenvalue weighted by Gasteiger charge is 2.10. The molecule has 1 heterocycles. The maximum atomic E-state index is 5.98. The van der Waals surface area contributed by atoms with Gasteiger partial charge in [-0.15, -0.1) is 0 Å². The van der Waals surface area contributed by atoms with Crippen LogP contribution < -0.4 is 4.90 Å². The molecule has 0 aliphatic heterocycles. The molecular weight excluding hydrogens is 242 g/mol. The van der Waals surface area contributed by atoms with Crippen LogP contribution in [0.2, 0.25) is 5.15 Å². The van der Waals surface area contributed by atoms with E-state index >= 15 is 0 Å². The van der Waals surface area contributed by atoms with E-state index in [0.29, 0.717) is 11.1 Å². The largest absolute Gasteiger partial charge is 0.356 e. The first-order valence-electron chi connectivity index (χ1n) is 5.40. The summed E-state index contributed by atoms with van der Waals surface area (Å²) < 4.78 is 0. The Bertz CT molecular complexity index is 344. The summed E-state index contributed by atoms with van der Waals surface area (Å²) in [6.45, 7) is 8.43. The van der Waals surface area contributed by atoms with Crippen LogP contribution in [0.1, 0.15) is 20.8 Å². The number of hydrogen-bond donors (Lipinski definition) is 0. The van der Waals surface area contributed by atoms with Crippen molar-refractivity contribution in [2.24, 2.45) is 5.92 Å². The third-order valence-corrected chi connectivity index (χ3v) is 2.88. The first-order valence-corrected chi connectivity index (χ1v) is 7.00. The fourth-order valence-electron chi connectivity index (χ4n) is 1.46. The minimum atomic E-state index is 0.511. The third kappa shape index (κ3) is 3.83. The minimum absolute atomic E-state index is 0.511. The molecule has 0 saturated carbocycles. The van der Waals surface area contributed by atoms with Crippen molar-refractivity contribution >= 4 is 29.2 Å². The number of halogens is 1. The summed E-state index contributed by atoms with van der Waals surface area (Å²) >= 11 is 7.49. The van der Waals surface area contributed by atoms with E-state index in [-0.39, 0.29) is 0 Å². The van der Waals surface area contributed by atoms with Crippen LogP contribution >= 0.6 is 23.4 Å². The van der Waals surface area contributed by atoms with E-state index in [1.165, 1.54) is 11.8 Å². The van der Waals surface area contributed by atoms with Crippen LogP contribution in [0.25, 0.3) is 0 Å². The predicted octanol–water partition coefficient (Wildman–Crippen LogP) is 3.33. The molecule has 16 heavy (non-hydrogen) atoms. The van der Waals surface area contributed by atoms with Crippen LogP contribution in [0.5, 0.6) is 0 Å². The predicted molar refractivity (Wildman–Crippen MR) is 71.5 cm³/mol. The van der Waals surface area contributed by atoms with Gasteiger partial charge >= 0.3 is 0 Å². The van der Waals surface area contributed by atoms with Crippen LogP contribution in [0.3, 0.4) is 0 Å². The molecule has 0 aliphatic carbocycles. The van der Waals surface area contributed by atoms with Gasteiger partial charge < -0.3 is 4.90 Å². The molecule has 0 bridgehead atoms. The molecule has 1 rings (SSSR count). The molecule has 0 radical (unpaired) electrons. The van der Waals surface area contributed by atoms with Crippen molar-refractivity contribution < 1.29 is 0 Å². The van der Waals surface area contributed by atoms with Gasteiger partial charge in [0.15, 0.2) is 5.16 Å². The van der Waals surface area contributed by atoms with Crippen LogP contribution in [0.15, 0.2) is 11.2 Å². The Labute approximate surface area is 107 Å². The topological polar surface area (TPSA) is 29.0 Å². The molecule has 0 N–H and O–H groups in total. The average molecular weight is 260 g/mol. The van der Waals surface area contributed by atoms with Gasteiger partial charge in [0.2, 0.25) is 0 Å². The maximum Gasteiger partial charge on any atom is 0.190 e. The molecule has 1 aromatic rings. The summed E-state index contributed by atoms with van der Waals surface area (Å²) in [7, 11) is 0. The molecule has 0 aromatic carbocycles. The van der Waals surface area contributed by atoms with Gasteiger partial charge in [-0.25, -0.2) is 9.97 Å². The molecule has 5 heteroatoms. The molecule has 0 atom stereocenters. The van der Waals surface area contributed by atoms with Crippen molar-refractivity contribution in [1.29, 1.82) is 0 Å². The molecular formula is C11H18ClN3S. The van der Waals surface area contributed by atoms with Crippen molar-refractivity contribution in [3.05, 3.63) is 11.2 Å². The van der Waals surface area contributed by atoms with E-state index in [1.54, 1.807) is 0 Å². The summed E-state index contributed by atoms with van der Waals surface area (Å²) in [5.41, 5.74) is 0. The molecule has 0 spiro atoms. The number of nitrogens with zero attached hydrogens (tertiary/aromatic N) is 3. The number of aromatic nitrogens is 2. The monoisotopic (exact) mass is 259 g/mol. The van der Waals surface area contributed by atoms with Crippen molar-refractivity contribution in [2.45, 2.75) is 25.9 Å². The highest BCUT2D eigenvalue weighted by atomic mass is 35.5. The second-order valence-electron chi connectivity index (χ2n) is 3.97. The third-order valence-electron chi connectivity index (χ3n) is 2.13. The van der Waals surface area contributed by atoms with Crippen molar-refractivity contribution in [1.82, 2.24) is 9.97 Å². The standard InChI is InChI=1S/C11H18ClN3S/c1-5-15(7-8(2)3)10-6-9(12)13-11(14-10)16-4/h6,8H,5,7H2,1-4H3. The quantitative estimate of drug-likeness (QED) is 0.461. The lowest BCUT2D eigenvalue weighted by molar-refractivity contribution is 0.612. The smallest absolute Gasteiger partial charge is 0.190 e. The van der Waals surface area contributed by atoms with Gasteiger partial charge in [0.1, 0.15) is 11.0 Å². The average Bonchev–Trinajstić information content (AvgIpc) is 2.24. The Morgan fingerprint density at radius 2 is 2.12 bits per heavy atom. The maximum absolute atomic E-state index is 5.98. The Balaban J connectivity index is 2.95. The zero-order chi connectivity index (χ0) is 12.1.